The molecule has 1 saturated heterocycles. The average Bonchev–Trinajstić information content (AvgIpc) is 2.85. The first-order valence-electron chi connectivity index (χ1n) is 10.1. The maximum absolute atomic E-state index is 13.1. The second kappa shape index (κ2) is 7.68. The van der Waals surface area contributed by atoms with Gasteiger partial charge in [-0.05, 0) is 39.2 Å². The van der Waals surface area contributed by atoms with E-state index in [-0.39, 0.29) is 29.7 Å². The molecule has 1 spiro atoms. The Bertz CT molecular complexity index is 674. The minimum absolute atomic E-state index is 0.00651. The zero-order valence-corrected chi connectivity index (χ0v) is 16.3. The molecule has 1 N–H and O–H groups in total. The molecule has 148 valence electrons. The normalized spacial score (nSPS) is 29.3. The Labute approximate surface area is 161 Å². The maximum atomic E-state index is 13.1. The zero-order valence-electron chi connectivity index (χ0n) is 16.3. The number of benzene rings is 1. The molecule has 1 aromatic carbocycles. The van der Waals surface area contributed by atoms with E-state index in [9.17, 15) is 4.79 Å². The molecule has 4 rings (SSSR count). The molecule has 2 aliphatic heterocycles. The Kier molecular flexibility index (Phi) is 5.28. The van der Waals surface area contributed by atoms with E-state index in [1.807, 2.05) is 43.0 Å². The van der Waals surface area contributed by atoms with Crippen LogP contribution >= 0.6 is 0 Å². The van der Waals surface area contributed by atoms with Crippen molar-refractivity contribution in [3.05, 3.63) is 29.8 Å². The van der Waals surface area contributed by atoms with Crippen LogP contribution in [0, 0.1) is 5.41 Å². The highest BCUT2D eigenvalue weighted by Gasteiger charge is 2.56. The first kappa shape index (κ1) is 18.6. The van der Waals surface area contributed by atoms with Gasteiger partial charge in [0.2, 0.25) is 0 Å². The number of carbonyl (C=O) groups excluding carboxylic acids is 1. The zero-order chi connectivity index (χ0) is 18.9. The maximum Gasteiger partial charge on any atom is 0.318 e. The highest BCUT2D eigenvalue weighted by atomic mass is 16.5. The van der Waals surface area contributed by atoms with Crippen LogP contribution in [0.2, 0.25) is 0 Å². The van der Waals surface area contributed by atoms with Gasteiger partial charge in [-0.1, -0.05) is 18.2 Å². The van der Waals surface area contributed by atoms with Gasteiger partial charge in [-0.15, -0.1) is 0 Å². The number of ether oxygens (including phenoxy) is 3. The van der Waals surface area contributed by atoms with Crippen LogP contribution in [-0.2, 0) is 16.0 Å². The van der Waals surface area contributed by atoms with Crippen LogP contribution in [0.4, 0.5) is 4.79 Å². The number of fused-ring (bicyclic) bond motifs is 1. The summed E-state index contributed by atoms with van der Waals surface area (Å²) < 4.78 is 17.5. The summed E-state index contributed by atoms with van der Waals surface area (Å²) in [5.74, 6) is 0.876. The van der Waals surface area contributed by atoms with Crippen molar-refractivity contribution in [2.45, 2.75) is 57.9 Å². The molecule has 1 aromatic rings. The summed E-state index contributed by atoms with van der Waals surface area (Å²) in [4.78, 5) is 15.0. The number of urea groups is 1. The lowest BCUT2D eigenvalue weighted by Gasteiger charge is -2.57. The van der Waals surface area contributed by atoms with Crippen LogP contribution in [0.5, 0.6) is 5.75 Å². The summed E-state index contributed by atoms with van der Waals surface area (Å²) in [7, 11) is 0. The fourth-order valence-electron chi connectivity index (χ4n) is 4.79. The molecule has 6 heteroatoms. The smallest absolute Gasteiger partial charge is 0.318 e. The topological polar surface area (TPSA) is 60.0 Å². The van der Waals surface area contributed by atoms with Gasteiger partial charge in [0, 0.05) is 36.8 Å². The minimum Gasteiger partial charge on any atom is -0.489 e. The highest BCUT2D eigenvalue weighted by Crippen LogP contribution is 2.50. The first-order valence-corrected chi connectivity index (χ1v) is 10.1. The van der Waals surface area contributed by atoms with Gasteiger partial charge < -0.3 is 24.4 Å². The van der Waals surface area contributed by atoms with Gasteiger partial charge in [0.15, 0.2) is 0 Å². The number of nitrogens with one attached hydrogen (secondary N) is 1. The van der Waals surface area contributed by atoms with E-state index in [2.05, 4.69) is 5.32 Å². The molecule has 3 aliphatic rings. The highest BCUT2D eigenvalue weighted by molar-refractivity contribution is 5.75. The second-order valence-electron chi connectivity index (χ2n) is 7.94. The molecule has 2 heterocycles. The molecule has 0 aromatic heterocycles. The van der Waals surface area contributed by atoms with Crippen LogP contribution < -0.4 is 10.1 Å². The Morgan fingerprint density at radius 1 is 1.33 bits per heavy atom. The van der Waals surface area contributed by atoms with Gasteiger partial charge in [-0.25, -0.2) is 4.79 Å². The number of rotatable bonds is 3. The second-order valence-corrected chi connectivity index (χ2v) is 7.94. The summed E-state index contributed by atoms with van der Waals surface area (Å²) in [6.07, 6.45) is 2.98. The fourth-order valence-corrected chi connectivity index (χ4v) is 4.79. The first-order chi connectivity index (χ1) is 13.1. The summed E-state index contributed by atoms with van der Waals surface area (Å²) in [5, 5.41) is 3.31. The predicted octanol–water partition coefficient (Wildman–Crippen LogP) is 2.95. The van der Waals surface area contributed by atoms with E-state index in [0.29, 0.717) is 19.7 Å². The molecule has 1 saturated carbocycles. The Morgan fingerprint density at radius 2 is 2.11 bits per heavy atom. The molecular formula is C21H30N2O4. The number of amides is 2. The van der Waals surface area contributed by atoms with E-state index >= 15 is 0 Å². The van der Waals surface area contributed by atoms with Gasteiger partial charge in [-0.3, -0.25) is 0 Å². The van der Waals surface area contributed by atoms with Gasteiger partial charge >= 0.3 is 6.03 Å². The summed E-state index contributed by atoms with van der Waals surface area (Å²) >= 11 is 0. The standard InChI is InChI=1S/C21H30N2O4/c1-3-26-19-12-18(21(19)8-10-25-11-9-21)22-20(24)23-13-15(2)27-17-7-5-4-6-16(17)14-23/h4-7,15,18-19H,3,8-14H2,1-2H3,(H,22,24). The molecule has 6 nitrogen and oxygen atoms in total. The van der Waals surface area contributed by atoms with Crippen molar-refractivity contribution < 1.29 is 19.0 Å². The van der Waals surface area contributed by atoms with Crippen molar-refractivity contribution in [3.63, 3.8) is 0 Å². The number of carbonyl (C=O) groups is 1. The van der Waals surface area contributed by atoms with Crippen molar-refractivity contribution in [2.75, 3.05) is 26.4 Å². The molecule has 0 bridgehead atoms. The Morgan fingerprint density at radius 3 is 2.89 bits per heavy atom. The fraction of sp³-hybridized carbons (Fsp3) is 0.667. The van der Waals surface area contributed by atoms with Crippen LogP contribution in [-0.4, -0.2) is 55.5 Å². The molecule has 27 heavy (non-hydrogen) atoms. The van der Waals surface area contributed by atoms with E-state index in [1.54, 1.807) is 0 Å². The molecular weight excluding hydrogens is 344 g/mol. The lowest BCUT2D eigenvalue weighted by Crippen LogP contribution is -2.67. The van der Waals surface area contributed by atoms with Gasteiger partial charge in [0.25, 0.3) is 0 Å². The number of nitrogens with zero attached hydrogens (tertiary/aromatic N) is 1. The van der Waals surface area contributed by atoms with Crippen LogP contribution in [0.15, 0.2) is 24.3 Å². The summed E-state index contributed by atoms with van der Waals surface area (Å²) in [6.45, 7) is 7.41. The van der Waals surface area contributed by atoms with Crippen molar-refractivity contribution in [2.24, 2.45) is 5.41 Å². The Balaban J connectivity index is 1.45. The van der Waals surface area contributed by atoms with Gasteiger partial charge in [-0.2, -0.15) is 0 Å². The number of hydrogen-bond donors (Lipinski definition) is 1. The van der Waals surface area contributed by atoms with Crippen molar-refractivity contribution in [3.8, 4) is 5.75 Å². The van der Waals surface area contributed by atoms with Crippen molar-refractivity contribution in [1.29, 1.82) is 0 Å². The molecule has 1 aliphatic carbocycles. The lowest BCUT2D eigenvalue weighted by atomic mass is 9.57. The van der Waals surface area contributed by atoms with Crippen molar-refractivity contribution in [1.82, 2.24) is 10.2 Å². The van der Waals surface area contributed by atoms with E-state index in [0.717, 1.165) is 43.8 Å². The third-order valence-electron chi connectivity index (χ3n) is 6.30. The molecule has 3 unspecified atom stereocenters. The number of para-hydroxylation sites is 1. The molecule has 0 radical (unpaired) electrons. The summed E-state index contributed by atoms with van der Waals surface area (Å²) in [6, 6.07) is 8.11. The SMILES string of the molecule is CCOC1CC(NC(=O)N2Cc3ccccc3OC(C)C2)C12CCOCC2. The van der Waals surface area contributed by atoms with Crippen LogP contribution in [0.1, 0.15) is 38.7 Å². The number of hydrogen-bond acceptors (Lipinski definition) is 4. The van der Waals surface area contributed by atoms with Gasteiger partial charge in [0.1, 0.15) is 11.9 Å². The third kappa shape index (κ3) is 3.52. The summed E-state index contributed by atoms with van der Waals surface area (Å²) in [5.41, 5.74) is 1.08. The molecule has 2 fully saturated rings. The molecule has 2 amide bonds. The average molecular weight is 374 g/mol. The quantitative estimate of drug-likeness (QED) is 0.884. The monoisotopic (exact) mass is 374 g/mol. The third-order valence-corrected chi connectivity index (χ3v) is 6.30. The van der Waals surface area contributed by atoms with Gasteiger partial charge in [0.05, 0.1) is 19.2 Å². The van der Waals surface area contributed by atoms with E-state index in [1.165, 1.54) is 0 Å². The largest absolute Gasteiger partial charge is 0.489 e. The van der Waals surface area contributed by atoms with Crippen LogP contribution in [0.3, 0.4) is 0 Å². The van der Waals surface area contributed by atoms with E-state index < -0.39 is 0 Å². The van der Waals surface area contributed by atoms with Crippen LogP contribution in [0.25, 0.3) is 0 Å². The Hall–Kier alpha value is -1.79. The lowest BCUT2D eigenvalue weighted by molar-refractivity contribution is -0.170. The van der Waals surface area contributed by atoms with Crippen molar-refractivity contribution >= 4 is 6.03 Å². The van der Waals surface area contributed by atoms with E-state index in [4.69, 9.17) is 14.2 Å². The molecule has 3 atom stereocenters. The predicted molar refractivity (Wildman–Crippen MR) is 102 cm³/mol. The minimum atomic E-state index is -0.0333.